The Bertz CT molecular complexity index is 942. The van der Waals surface area contributed by atoms with Gasteiger partial charge >= 0.3 is 6.18 Å². The Morgan fingerprint density at radius 3 is 2.85 bits per heavy atom. The van der Waals surface area contributed by atoms with Crippen molar-refractivity contribution in [2.45, 2.75) is 12.2 Å². The molecule has 0 aliphatic carbocycles. The van der Waals surface area contributed by atoms with Gasteiger partial charge in [0.25, 0.3) is 5.91 Å². The number of aromatic nitrogens is 1. The number of rotatable bonds is 3. The molecule has 1 aromatic carbocycles. The van der Waals surface area contributed by atoms with Crippen molar-refractivity contribution in [1.82, 2.24) is 15.2 Å². The van der Waals surface area contributed by atoms with Crippen molar-refractivity contribution < 1.29 is 22.8 Å². The molecule has 140 valence electrons. The number of hydrogen-bond donors (Lipinski definition) is 1. The molecular formula is C17H13F3N4O2S. The van der Waals surface area contributed by atoms with Gasteiger partial charge in [-0.25, -0.2) is 0 Å². The summed E-state index contributed by atoms with van der Waals surface area (Å²) in [4.78, 5) is 29.9. The number of thioether (sulfide) groups is 1. The van der Waals surface area contributed by atoms with Gasteiger partial charge < -0.3 is 10.2 Å². The molecule has 3 rings (SSSR count). The summed E-state index contributed by atoms with van der Waals surface area (Å²) in [6.07, 6.45) is -3.23. The molecule has 1 aromatic heterocycles. The number of nitriles is 1. The quantitative estimate of drug-likeness (QED) is 0.864. The summed E-state index contributed by atoms with van der Waals surface area (Å²) in [5.74, 6) is -0.240. The fourth-order valence-corrected chi connectivity index (χ4v) is 3.77. The van der Waals surface area contributed by atoms with Gasteiger partial charge in [0.15, 0.2) is 0 Å². The van der Waals surface area contributed by atoms with Crippen LogP contribution in [0.25, 0.3) is 10.9 Å². The highest BCUT2D eigenvalue weighted by atomic mass is 32.2. The van der Waals surface area contributed by atoms with Crippen LogP contribution < -0.4 is 5.32 Å². The molecule has 1 saturated heterocycles. The van der Waals surface area contributed by atoms with Gasteiger partial charge in [0.05, 0.1) is 35.1 Å². The first kappa shape index (κ1) is 19.0. The number of alkyl halides is 3. The normalized spacial score (nSPS) is 17.0. The summed E-state index contributed by atoms with van der Waals surface area (Å²) in [6, 6.07) is 5.72. The minimum atomic E-state index is -4.55. The van der Waals surface area contributed by atoms with Crippen LogP contribution in [0.1, 0.15) is 15.9 Å². The molecule has 1 unspecified atom stereocenters. The predicted molar refractivity (Wildman–Crippen MR) is 92.7 cm³/mol. The van der Waals surface area contributed by atoms with Crippen molar-refractivity contribution in [2.75, 3.05) is 18.2 Å². The molecule has 0 radical (unpaired) electrons. The maximum atomic E-state index is 12.9. The van der Waals surface area contributed by atoms with Crippen LogP contribution in [0, 0.1) is 11.3 Å². The Kier molecular flexibility index (Phi) is 5.23. The van der Waals surface area contributed by atoms with Gasteiger partial charge in [-0.1, -0.05) is 0 Å². The van der Waals surface area contributed by atoms with Gasteiger partial charge in [0, 0.05) is 17.3 Å². The predicted octanol–water partition coefficient (Wildman–Crippen LogP) is 2.41. The average Bonchev–Trinajstić information content (AvgIpc) is 3.13. The van der Waals surface area contributed by atoms with Gasteiger partial charge in [0.1, 0.15) is 6.04 Å². The summed E-state index contributed by atoms with van der Waals surface area (Å²) >= 11 is 1.43. The van der Waals surface area contributed by atoms with Crippen molar-refractivity contribution in [3.63, 3.8) is 0 Å². The van der Waals surface area contributed by atoms with Gasteiger partial charge in [-0.05, 0) is 24.3 Å². The Morgan fingerprint density at radius 1 is 1.37 bits per heavy atom. The van der Waals surface area contributed by atoms with Crippen LogP contribution in [-0.2, 0) is 11.0 Å². The number of amides is 2. The van der Waals surface area contributed by atoms with E-state index in [0.29, 0.717) is 11.6 Å². The van der Waals surface area contributed by atoms with Crippen LogP contribution in [-0.4, -0.2) is 45.9 Å². The number of halogens is 3. The molecule has 1 aliphatic rings. The summed E-state index contributed by atoms with van der Waals surface area (Å²) in [6.45, 7) is -0.347. The first-order valence-electron chi connectivity index (χ1n) is 7.82. The first-order valence-corrected chi connectivity index (χ1v) is 8.97. The second-order valence-electron chi connectivity index (χ2n) is 5.78. The molecule has 6 nitrogen and oxygen atoms in total. The summed E-state index contributed by atoms with van der Waals surface area (Å²) in [5, 5.41) is 11.5. The second kappa shape index (κ2) is 7.44. The minimum Gasteiger partial charge on any atom is -0.343 e. The number of fused-ring (bicyclic) bond motifs is 1. The first-order chi connectivity index (χ1) is 12.8. The number of nitrogens with zero attached hydrogens (tertiary/aromatic N) is 3. The van der Waals surface area contributed by atoms with E-state index >= 15 is 0 Å². The molecule has 27 heavy (non-hydrogen) atoms. The summed E-state index contributed by atoms with van der Waals surface area (Å²) in [7, 11) is 0. The number of hydrogen-bond acceptors (Lipinski definition) is 5. The van der Waals surface area contributed by atoms with Crippen LogP contribution in [0.15, 0.2) is 30.5 Å². The third-order valence-corrected chi connectivity index (χ3v) is 5.08. The molecule has 10 heteroatoms. The highest BCUT2D eigenvalue weighted by Gasteiger charge is 2.31. The Labute approximate surface area is 156 Å². The molecule has 1 aliphatic heterocycles. The third kappa shape index (κ3) is 3.98. The van der Waals surface area contributed by atoms with Crippen LogP contribution >= 0.6 is 11.8 Å². The molecule has 0 saturated carbocycles. The van der Waals surface area contributed by atoms with Gasteiger partial charge in [-0.2, -0.15) is 18.4 Å². The fraction of sp³-hybridized carbons (Fsp3) is 0.294. The van der Waals surface area contributed by atoms with Crippen LogP contribution in [0.5, 0.6) is 0 Å². The molecule has 2 heterocycles. The Morgan fingerprint density at radius 2 is 2.15 bits per heavy atom. The highest BCUT2D eigenvalue weighted by Crippen LogP contribution is 2.31. The molecule has 0 spiro atoms. The average molecular weight is 394 g/mol. The fourth-order valence-electron chi connectivity index (χ4n) is 2.67. The van der Waals surface area contributed by atoms with E-state index in [1.54, 1.807) is 0 Å². The van der Waals surface area contributed by atoms with E-state index in [2.05, 4.69) is 10.3 Å². The Hall–Kier alpha value is -2.80. The van der Waals surface area contributed by atoms with Crippen LogP contribution in [0.3, 0.4) is 0 Å². The largest absolute Gasteiger partial charge is 0.416 e. The number of carbonyl (C=O) groups excluding carboxylic acids is 2. The van der Waals surface area contributed by atoms with Gasteiger partial charge in [-0.3, -0.25) is 14.6 Å². The van der Waals surface area contributed by atoms with E-state index < -0.39 is 29.6 Å². The Balaban J connectivity index is 1.79. The van der Waals surface area contributed by atoms with Crippen molar-refractivity contribution >= 4 is 34.5 Å². The SMILES string of the molecule is N#CC1CSCN1C(=O)CNC(=O)c1ccnc2ccc(C(F)(F)F)cc12. The zero-order valence-corrected chi connectivity index (χ0v) is 14.6. The van der Waals surface area contributed by atoms with E-state index in [0.717, 1.165) is 12.1 Å². The van der Waals surface area contributed by atoms with Crippen LogP contribution in [0.2, 0.25) is 0 Å². The lowest BCUT2D eigenvalue weighted by molar-refractivity contribution is -0.137. The standard InChI is InChI=1S/C17H13F3N4O2S/c18-17(19,20)10-1-2-14-13(5-10)12(3-4-22-14)16(26)23-7-15(25)24-9-27-8-11(24)6-21/h1-5,11H,7-9H2,(H,23,26). The molecular weight excluding hydrogens is 381 g/mol. The topological polar surface area (TPSA) is 86.1 Å². The van der Waals surface area contributed by atoms with Crippen LogP contribution in [0.4, 0.5) is 13.2 Å². The second-order valence-corrected chi connectivity index (χ2v) is 6.78. The number of pyridine rings is 1. The zero-order chi connectivity index (χ0) is 19.6. The molecule has 1 atom stereocenters. The molecule has 2 amide bonds. The molecule has 0 bridgehead atoms. The lowest BCUT2D eigenvalue weighted by Crippen LogP contribution is -2.42. The van der Waals surface area contributed by atoms with Crippen molar-refractivity contribution in [3.8, 4) is 6.07 Å². The van der Waals surface area contributed by atoms with Crippen molar-refractivity contribution in [2.24, 2.45) is 0 Å². The van der Waals surface area contributed by atoms with E-state index in [4.69, 9.17) is 5.26 Å². The maximum absolute atomic E-state index is 12.9. The van der Waals surface area contributed by atoms with Crippen molar-refractivity contribution in [3.05, 3.63) is 41.6 Å². The smallest absolute Gasteiger partial charge is 0.343 e. The third-order valence-electron chi connectivity index (χ3n) is 4.07. The van der Waals surface area contributed by atoms with E-state index in [1.165, 1.54) is 35.0 Å². The minimum absolute atomic E-state index is 0.00784. The molecule has 1 fully saturated rings. The monoisotopic (exact) mass is 394 g/mol. The maximum Gasteiger partial charge on any atom is 0.416 e. The number of nitrogens with one attached hydrogen (secondary N) is 1. The number of benzene rings is 1. The lowest BCUT2D eigenvalue weighted by Gasteiger charge is -2.18. The lowest BCUT2D eigenvalue weighted by atomic mass is 10.1. The van der Waals surface area contributed by atoms with Gasteiger partial charge in [-0.15, -0.1) is 11.8 Å². The van der Waals surface area contributed by atoms with Gasteiger partial charge in [0.2, 0.25) is 5.91 Å². The summed E-state index contributed by atoms with van der Waals surface area (Å²) in [5.41, 5.74) is -0.659. The molecule has 2 aromatic rings. The van der Waals surface area contributed by atoms with Crippen molar-refractivity contribution in [1.29, 1.82) is 5.26 Å². The van der Waals surface area contributed by atoms with E-state index in [-0.39, 0.29) is 23.0 Å². The zero-order valence-electron chi connectivity index (χ0n) is 13.8. The summed E-state index contributed by atoms with van der Waals surface area (Å²) < 4.78 is 38.8. The van der Waals surface area contributed by atoms with E-state index in [9.17, 15) is 22.8 Å². The van der Waals surface area contributed by atoms with E-state index in [1.807, 2.05) is 6.07 Å². The highest BCUT2D eigenvalue weighted by molar-refractivity contribution is 7.99. The molecule has 1 N–H and O–H groups in total. The number of carbonyl (C=O) groups is 2.